The molecule has 1 aliphatic rings. The molecule has 0 spiro atoms. The Kier molecular flexibility index (Phi) is 8.52. The van der Waals surface area contributed by atoms with Gasteiger partial charge in [-0.3, -0.25) is 0 Å². The number of amides is 1. The number of nitrogens with one attached hydrogen (secondary N) is 1. The third kappa shape index (κ3) is 6.40. The first-order chi connectivity index (χ1) is 11.4. The number of piperidine rings is 1. The van der Waals surface area contributed by atoms with E-state index >= 15 is 0 Å². The van der Waals surface area contributed by atoms with Crippen LogP contribution in [0.1, 0.15) is 37.3 Å². The van der Waals surface area contributed by atoms with E-state index in [1.807, 2.05) is 6.92 Å². The second kappa shape index (κ2) is 9.87. The summed E-state index contributed by atoms with van der Waals surface area (Å²) in [5.74, 6) is 0. The van der Waals surface area contributed by atoms with Crippen LogP contribution < -0.4 is 5.32 Å². The van der Waals surface area contributed by atoms with Crippen LogP contribution in [0.2, 0.25) is 0 Å². The first kappa shape index (κ1) is 21.6. The lowest BCUT2D eigenvalue weighted by molar-refractivity contribution is -0.137. The summed E-state index contributed by atoms with van der Waals surface area (Å²) >= 11 is 0. The van der Waals surface area contributed by atoms with Gasteiger partial charge in [0.1, 0.15) is 6.61 Å². The molecular formula is C17H24ClF3N2O2. The molecule has 1 aliphatic heterocycles. The molecule has 1 aromatic carbocycles. The zero-order valence-corrected chi connectivity index (χ0v) is 15.0. The van der Waals surface area contributed by atoms with Crippen LogP contribution >= 0.6 is 12.4 Å². The summed E-state index contributed by atoms with van der Waals surface area (Å²) in [7, 11) is 0. The van der Waals surface area contributed by atoms with E-state index < -0.39 is 17.8 Å². The minimum absolute atomic E-state index is 0. The topological polar surface area (TPSA) is 41.6 Å². The summed E-state index contributed by atoms with van der Waals surface area (Å²) < 4.78 is 42.9. The third-order valence-corrected chi connectivity index (χ3v) is 4.09. The monoisotopic (exact) mass is 380 g/mol. The van der Waals surface area contributed by atoms with Crippen molar-refractivity contribution in [3.8, 4) is 0 Å². The van der Waals surface area contributed by atoms with Gasteiger partial charge in [0.05, 0.1) is 5.56 Å². The van der Waals surface area contributed by atoms with Crippen molar-refractivity contribution in [1.82, 2.24) is 10.2 Å². The molecular weight excluding hydrogens is 357 g/mol. The Balaban J connectivity index is 0.00000312. The summed E-state index contributed by atoms with van der Waals surface area (Å²) in [6.07, 6.45) is -2.16. The molecule has 1 saturated heterocycles. The number of carbonyl (C=O) groups excluding carboxylic acids is 1. The van der Waals surface area contributed by atoms with Crippen molar-refractivity contribution < 1.29 is 22.7 Å². The van der Waals surface area contributed by atoms with Gasteiger partial charge in [-0.1, -0.05) is 19.1 Å². The highest BCUT2D eigenvalue weighted by Crippen LogP contribution is 2.29. The molecule has 0 radical (unpaired) electrons. The maximum Gasteiger partial charge on any atom is 0.416 e. The highest BCUT2D eigenvalue weighted by atomic mass is 35.5. The van der Waals surface area contributed by atoms with Gasteiger partial charge in [-0.25, -0.2) is 4.79 Å². The fraction of sp³-hybridized carbons (Fsp3) is 0.588. The lowest BCUT2D eigenvalue weighted by Gasteiger charge is -2.33. The van der Waals surface area contributed by atoms with Gasteiger partial charge in [0, 0.05) is 12.6 Å². The van der Waals surface area contributed by atoms with E-state index in [2.05, 4.69) is 5.32 Å². The predicted octanol–water partition coefficient (Wildman–Crippen LogP) is 4.23. The van der Waals surface area contributed by atoms with Gasteiger partial charge in [0.25, 0.3) is 0 Å². The van der Waals surface area contributed by atoms with Gasteiger partial charge in [0.15, 0.2) is 0 Å². The fourth-order valence-corrected chi connectivity index (χ4v) is 2.80. The lowest BCUT2D eigenvalue weighted by Crippen LogP contribution is -2.46. The standard InChI is InChI=1S/C17H23F3N2O2.ClH/c1-2-11-22(15-7-9-21-10-8-15)16(23)24-12-13-3-5-14(6-4-13)17(18,19)20;/h3-6,15,21H,2,7-12H2,1H3;1H. The zero-order chi connectivity index (χ0) is 17.6. The molecule has 0 saturated carbocycles. The predicted molar refractivity (Wildman–Crippen MR) is 91.8 cm³/mol. The number of benzene rings is 1. The van der Waals surface area contributed by atoms with Gasteiger partial charge >= 0.3 is 12.3 Å². The number of hydrogen-bond acceptors (Lipinski definition) is 3. The third-order valence-electron chi connectivity index (χ3n) is 4.09. The quantitative estimate of drug-likeness (QED) is 0.831. The molecule has 0 aliphatic carbocycles. The molecule has 0 aromatic heterocycles. The lowest BCUT2D eigenvalue weighted by atomic mass is 10.1. The molecule has 0 unspecified atom stereocenters. The summed E-state index contributed by atoms with van der Waals surface area (Å²) in [6.45, 7) is 4.34. The van der Waals surface area contributed by atoms with Crippen LogP contribution in [0, 0.1) is 0 Å². The Morgan fingerprint density at radius 2 is 1.84 bits per heavy atom. The smallest absolute Gasteiger partial charge is 0.416 e. The molecule has 142 valence electrons. The summed E-state index contributed by atoms with van der Waals surface area (Å²) in [5.41, 5.74) is -0.169. The van der Waals surface area contributed by atoms with E-state index in [-0.39, 0.29) is 25.1 Å². The van der Waals surface area contributed by atoms with Crippen molar-refractivity contribution in [2.45, 2.75) is 45.0 Å². The Hall–Kier alpha value is -1.47. The van der Waals surface area contributed by atoms with Gasteiger partial charge in [-0.15, -0.1) is 12.4 Å². The Morgan fingerprint density at radius 3 is 2.36 bits per heavy atom. The van der Waals surface area contributed by atoms with Crippen molar-refractivity contribution in [2.75, 3.05) is 19.6 Å². The highest BCUT2D eigenvalue weighted by Gasteiger charge is 2.30. The number of carbonyl (C=O) groups is 1. The number of halogens is 4. The Morgan fingerprint density at radius 1 is 1.24 bits per heavy atom. The van der Waals surface area contributed by atoms with E-state index in [1.54, 1.807) is 4.90 Å². The molecule has 1 N–H and O–H groups in total. The Bertz CT molecular complexity index is 532. The summed E-state index contributed by atoms with van der Waals surface area (Å²) in [5, 5.41) is 3.26. The number of rotatable bonds is 5. The van der Waals surface area contributed by atoms with Crippen LogP contribution in [-0.4, -0.2) is 36.7 Å². The number of nitrogens with zero attached hydrogens (tertiary/aromatic N) is 1. The molecule has 1 heterocycles. The van der Waals surface area contributed by atoms with Crippen molar-refractivity contribution in [3.63, 3.8) is 0 Å². The maximum absolute atomic E-state index is 12.5. The van der Waals surface area contributed by atoms with E-state index in [1.165, 1.54) is 12.1 Å². The van der Waals surface area contributed by atoms with Crippen LogP contribution in [0.5, 0.6) is 0 Å². The molecule has 25 heavy (non-hydrogen) atoms. The van der Waals surface area contributed by atoms with Crippen molar-refractivity contribution in [3.05, 3.63) is 35.4 Å². The number of alkyl halides is 3. The van der Waals surface area contributed by atoms with Crippen LogP contribution in [0.4, 0.5) is 18.0 Å². The summed E-state index contributed by atoms with van der Waals surface area (Å²) in [4.78, 5) is 14.1. The van der Waals surface area contributed by atoms with Crippen LogP contribution in [0.15, 0.2) is 24.3 Å². The molecule has 2 rings (SSSR count). The molecule has 8 heteroatoms. The molecule has 1 fully saturated rings. The fourth-order valence-electron chi connectivity index (χ4n) is 2.80. The normalized spacial score (nSPS) is 15.4. The van der Waals surface area contributed by atoms with E-state index in [0.717, 1.165) is 44.5 Å². The van der Waals surface area contributed by atoms with Crippen LogP contribution in [0.25, 0.3) is 0 Å². The van der Waals surface area contributed by atoms with Gasteiger partial charge in [-0.05, 0) is 50.0 Å². The second-order valence-corrected chi connectivity index (χ2v) is 5.92. The molecule has 1 amide bonds. The Labute approximate surface area is 152 Å². The van der Waals surface area contributed by atoms with E-state index in [9.17, 15) is 18.0 Å². The van der Waals surface area contributed by atoms with E-state index in [4.69, 9.17) is 4.74 Å². The van der Waals surface area contributed by atoms with Gasteiger partial charge < -0.3 is 15.0 Å². The molecule has 1 aromatic rings. The number of hydrogen-bond donors (Lipinski definition) is 1. The zero-order valence-electron chi connectivity index (χ0n) is 14.1. The molecule has 4 nitrogen and oxygen atoms in total. The van der Waals surface area contributed by atoms with Crippen LogP contribution in [0.3, 0.4) is 0 Å². The van der Waals surface area contributed by atoms with Gasteiger partial charge in [0.2, 0.25) is 0 Å². The second-order valence-electron chi connectivity index (χ2n) is 5.92. The van der Waals surface area contributed by atoms with Crippen LogP contribution in [-0.2, 0) is 17.5 Å². The van der Waals surface area contributed by atoms with Crippen molar-refractivity contribution in [1.29, 1.82) is 0 Å². The minimum atomic E-state index is -4.36. The average Bonchev–Trinajstić information content (AvgIpc) is 2.58. The minimum Gasteiger partial charge on any atom is -0.445 e. The van der Waals surface area contributed by atoms with E-state index in [0.29, 0.717) is 12.1 Å². The average molecular weight is 381 g/mol. The molecule has 0 bridgehead atoms. The summed E-state index contributed by atoms with van der Waals surface area (Å²) in [6, 6.07) is 4.83. The first-order valence-corrected chi connectivity index (χ1v) is 8.22. The SMILES string of the molecule is CCCN(C(=O)OCc1ccc(C(F)(F)F)cc1)C1CCNCC1.Cl. The van der Waals surface area contributed by atoms with Crippen molar-refractivity contribution in [2.24, 2.45) is 0 Å². The largest absolute Gasteiger partial charge is 0.445 e. The number of ether oxygens (including phenoxy) is 1. The first-order valence-electron chi connectivity index (χ1n) is 8.22. The van der Waals surface area contributed by atoms with Crippen molar-refractivity contribution >= 4 is 18.5 Å². The van der Waals surface area contributed by atoms with Gasteiger partial charge in [-0.2, -0.15) is 13.2 Å². The maximum atomic E-state index is 12.5. The highest BCUT2D eigenvalue weighted by molar-refractivity contribution is 5.85. The molecule has 0 atom stereocenters.